The van der Waals surface area contributed by atoms with Gasteiger partial charge in [0.05, 0.1) is 20.2 Å². The fourth-order valence-corrected chi connectivity index (χ4v) is 1.83. The molecule has 1 unspecified atom stereocenters. The number of pyridine rings is 1. The van der Waals surface area contributed by atoms with Crippen molar-refractivity contribution in [3.05, 3.63) is 30.1 Å². The quantitative estimate of drug-likeness (QED) is 0.782. The smallest absolute Gasteiger partial charge is 0.410 e. The van der Waals surface area contributed by atoms with Crippen molar-refractivity contribution in [2.45, 2.75) is 32.5 Å². The van der Waals surface area contributed by atoms with Gasteiger partial charge in [-0.3, -0.25) is 4.98 Å². The molecule has 1 amide bonds. The van der Waals surface area contributed by atoms with E-state index in [1.807, 2.05) is 20.8 Å². The normalized spacial score (nSPS) is 20.9. The van der Waals surface area contributed by atoms with Gasteiger partial charge in [0.2, 0.25) is 0 Å². The lowest BCUT2D eigenvalue weighted by Crippen LogP contribution is -2.44. The minimum atomic E-state index is -0.510. The maximum atomic E-state index is 12.0. The minimum absolute atomic E-state index is 0.304. The van der Waals surface area contributed by atoms with Crippen LogP contribution in [0.2, 0.25) is 0 Å². The van der Waals surface area contributed by atoms with E-state index in [1.54, 1.807) is 23.2 Å². The Kier molecular flexibility index (Phi) is 3.64. The van der Waals surface area contributed by atoms with E-state index in [0.29, 0.717) is 31.4 Å². The average Bonchev–Trinajstić information content (AvgIpc) is 2.37. The average molecular weight is 265 g/mol. The third-order valence-electron chi connectivity index (χ3n) is 2.67. The van der Waals surface area contributed by atoms with Crippen LogP contribution in [0.3, 0.4) is 0 Å². The second-order valence-electron chi connectivity index (χ2n) is 5.47. The van der Waals surface area contributed by atoms with Crippen molar-refractivity contribution in [1.82, 2.24) is 9.88 Å². The van der Waals surface area contributed by atoms with Gasteiger partial charge in [-0.15, -0.1) is 0 Å². The number of carbonyl (C=O) groups is 1. The second-order valence-corrected chi connectivity index (χ2v) is 5.47. The first-order valence-electron chi connectivity index (χ1n) is 6.87. The SMILES string of the molecule is [2H]c1ccnc(C2CN(C(=O)OC(C)(C)C)CCO2)c1. The zero-order chi connectivity index (χ0) is 14.8. The molecule has 1 saturated heterocycles. The molecular formula is C14H20N2O3. The van der Waals surface area contributed by atoms with Gasteiger partial charge in [-0.1, -0.05) is 6.04 Å². The van der Waals surface area contributed by atoms with Crippen LogP contribution in [-0.2, 0) is 9.47 Å². The highest BCUT2D eigenvalue weighted by Gasteiger charge is 2.29. The molecule has 1 atom stereocenters. The van der Waals surface area contributed by atoms with E-state index in [2.05, 4.69) is 4.98 Å². The van der Waals surface area contributed by atoms with Gasteiger partial charge in [-0.05, 0) is 32.9 Å². The molecule has 1 aliphatic rings. The third kappa shape index (κ3) is 3.92. The topological polar surface area (TPSA) is 51.7 Å². The molecule has 0 bridgehead atoms. The lowest BCUT2D eigenvalue weighted by molar-refractivity contribution is -0.0447. The highest BCUT2D eigenvalue weighted by Crippen LogP contribution is 2.21. The maximum absolute atomic E-state index is 12.0. The molecule has 19 heavy (non-hydrogen) atoms. The molecule has 0 radical (unpaired) electrons. The lowest BCUT2D eigenvalue weighted by Gasteiger charge is -2.33. The molecular weight excluding hydrogens is 244 g/mol. The zero-order valence-electron chi connectivity index (χ0n) is 12.5. The number of hydrogen-bond acceptors (Lipinski definition) is 4. The first-order valence-corrected chi connectivity index (χ1v) is 6.37. The molecule has 5 nitrogen and oxygen atoms in total. The van der Waals surface area contributed by atoms with Gasteiger partial charge in [-0.25, -0.2) is 4.79 Å². The van der Waals surface area contributed by atoms with Gasteiger partial charge in [0.1, 0.15) is 11.7 Å². The number of aromatic nitrogens is 1. The molecule has 5 heteroatoms. The fraction of sp³-hybridized carbons (Fsp3) is 0.571. The van der Waals surface area contributed by atoms with E-state index in [-0.39, 0.29) is 12.2 Å². The number of morpholine rings is 1. The van der Waals surface area contributed by atoms with Crippen LogP contribution in [0.5, 0.6) is 0 Å². The summed E-state index contributed by atoms with van der Waals surface area (Å²) in [6, 6.07) is 3.65. The molecule has 2 heterocycles. The Bertz CT molecular complexity index is 488. The maximum Gasteiger partial charge on any atom is 0.410 e. The molecule has 0 N–H and O–H groups in total. The van der Waals surface area contributed by atoms with Crippen molar-refractivity contribution in [3.63, 3.8) is 0 Å². The summed E-state index contributed by atoms with van der Waals surface area (Å²) in [5.41, 5.74) is 0.162. The third-order valence-corrected chi connectivity index (χ3v) is 2.67. The summed E-state index contributed by atoms with van der Waals surface area (Å²) in [4.78, 5) is 17.9. The van der Waals surface area contributed by atoms with E-state index < -0.39 is 5.60 Å². The monoisotopic (exact) mass is 265 g/mol. The van der Waals surface area contributed by atoms with Gasteiger partial charge >= 0.3 is 6.09 Å². The highest BCUT2D eigenvalue weighted by molar-refractivity contribution is 5.68. The molecule has 0 aliphatic carbocycles. The standard InChI is InChI=1S/C14H20N2O3/c1-14(2,3)19-13(17)16-8-9-18-12(10-16)11-6-4-5-7-15-11/h4-7,12H,8-10H2,1-3H3/i4D. The van der Waals surface area contributed by atoms with Crippen molar-refractivity contribution < 1.29 is 15.6 Å². The van der Waals surface area contributed by atoms with Crippen LogP contribution >= 0.6 is 0 Å². The second kappa shape index (κ2) is 5.57. The van der Waals surface area contributed by atoms with Crippen LogP contribution in [0.1, 0.15) is 33.9 Å². The van der Waals surface area contributed by atoms with E-state index in [0.717, 1.165) is 0 Å². The fourth-order valence-electron chi connectivity index (χ4n) is 1.83. The molecule has 1 aromatic heterocycles. The Hall–Kier alpha value is -1.62. The van der Waals surface area contributed by atoms with Crippen LogP contribution in [0.15, 0.2) is 24.4 Å². The van der Waals surface area contributed by atoms with E-state index in [4.69, 9.17) is 10.8 Å². The van der Waals surface area contributed by atoms with E-state index >= 15 is 0 Å². The van der Waals surface area contributed by atoms with E-state index in [9.17, 15) is 4.79 Å². The van der Waals surface area contributed by atoms with Crippen LogP contribution in [0.4, 0.5) is 4.79 Å². The van der Waals surface area contributed by atoms with Crippen LogP contribution < -0.4 is 0 Å². The predicted molar refractivity (Wildman–Crippen MR) is 70.7 cm³/mol. The molecule has 0 saturated carbocycles. The minimum Gasteiger partial charge on any atom is -0.444 e. The molecule has 2 rings (SSSR count). The van der Waals surface area contributed by atoms with Gasteiger partial charge < -0.3 is 14.4 Å². The largest absolute Gasteiger partial charge is 0.444 e. The molecule has 104 valence electrons. The summed E-state index contributed by atoms with van der Waals surface area (Å²) in [7, 11) is 0. The summed E-state index contributed by atoms with van der Waals surface area (Å²) in [6.07, 6.45) is 0.933. The Balaban J connectivity index is 2.03. The molecule has 0 aromatic carbocycles. The number of nitrogens with zero attached hydrogens (tertiary/aromatic N) is 2. The van der Waals surface area contributed by atoms with Crippen molar-refractivity contribution in [2.75, 3.05) is 19.7 Å². The van der Waals surface area contributed by atoms with Gasteiger partial charge in [-0.2, -0.15) is 0 Å². The Labute approximate surface area is 114 Å². The number of rotatable bonds is 1. The number of ether oxygens (including phenoxy) is 2. The van der Waals surface area contributed by atoms with Gasteiger partial charge in [0.25, 0.3) is 0 Å². The van der Waals surface area contributed by atoms with Crippen molar-refractivity contribution in [1.29, 1.82) is 0 Å². The summed E-state index contributed by atoms with van der Waals surface area (Å²) in [6.45, 7) is 6.86. The zero-order valence-corrected chi connectivity index (χ0v) is 11.5. The first kappa shape index (κ1) is 12.4. The summed E-state index contributed by atoms with van der Waals surface area (Å²) in [5.74, 6) is 0. The summed E-state index contributed by atoms with van der Waals surface area (Å²) < 4.78 is 18.6. The Morgan fingerprint density at radius 3 is 3.11 bits per heavy atom. The van der Waals surface area contributed by atoms with Crippen molar-refractivity contribution in [3.8, 4) is 0 Å². The number of hydrogen-bond donors (Lipinski definition) is 0. The number of carbonyl (C=O) groups excluding carboxylic acids is 1. The van der Waals surface area contributed by atoms with Crippen molar-refractivity contribution >= 4 is 6.09 Å². The Morgan fingerprint density at radius 2 is 2.42 bits per heavy atom. The molecule has 0 spiro atoms. The van der Waals surface area contributed by atoms with Gasteiger partial charge in [0, 0.05) is 12.7 Å². The van der Waals surface area contributed by atoms with E-state index in [1.165, 1.54) is 0 Å². The van der Waals surface area contributed by atoms with Crippen LogP contribution in [-0.4, -0.2) is 41.3 Å². The van der Waals surface area contributed by atoms with Crippen LogP contribution in [0, 0.1) is 0 Å². The van der Waals surface area contributed by atoms with Gasteiger partial charge in [0.15, 0.2) is 0 Å². The highest BCUT2D eigenvalue weighted by atomic mass is 16.6. The molecule has 1 aromatic rings. The predicted octanol–water partition coefficient (Wildman–Crippen LogP) is 2.39. The Morgan fingerprint density at radius 1 is 1.63 bits per heavy atom. The van der Waals surface area contributed by atoms with Crippen molar-refractivity contribution in [2.24, 2.45) is 0 Å². The summed E-state index contributed by atoms with van der Waals surface area (Å²) in [5, 5.41) is 0. The first-order chi connectivity index (χ1) is 9.35. The van der Waals surface area contributed by atoms with Crippen LogP contribution in [0.25, 0.3) is 0 Å². The number of amides is 1. The molecule has 1 aliphatic heterocycles. The molecule has 1 fully saturated rings. The lowest BCUT2D eigenvalue weighted by atomic mass is 10.2. The summed E-state index contributed by atoms with van der Waals surface area (Å²) >= 11 is 0.